The molecule has 1 unspecified atom stereocenters. The number of carbonyl (C=O) groups excluding carboxylic acids is 1. The molecule has 0 spiro atoms. The summed E-state index contributed by atoms with van der Waals surface area (Å²) in [5, 5.41) is 16.2. The van der Waals surface area contributed by atoms with Crippen LogP contribution in [0.2, 0.25) is 10.0 Å². The third-order valence-electron chi connectivity index (χ3n) is 4.39. The number of halogens is 2. The fraction of sp³-hybridized carbons (Fsp3) is 0.263. The lowest BCUT2D eigenvalue weighted by atomic mass is 10.2. The van der Waals surface area contributed by atoms with Gasteiger partial charge in [-0.2, -0.15) is 4.80 Å². The van der Waals surface area contributed by atoms with E-state index in [9.17, 15) is 4.79 Å². The zero-order valence-corrected chi connectivity index (χ0v) is 16.9. The Balaban J connectivity index is 1.54. The fourth-order valence-electron chi connectivity index (χ4n) is 2.90. The van der Waals surface area contributed by atoms with Crippen LogP contribution in [0, 0.1) is 0 Å². The molecule has 0 aliphatic carbocycles. The molecule has 1 aliphatic heterocycles. The largest absolute Gasteiger partial charge is 0.486 e. The molecule has 1 atom stereocenters. The second-order valence-electron chi connectivity index (χ2n) is 6.33. The minimum Gasteiger partial charge on any atom is -0.486 e. The van der Waals surface area contributed by atoms with Crippen molar-refractivity contribution in [3.05, 3.63) is 46.4 Å². The molecule has 3 aromatic rings. The van der Waals surface area contributed by atoms with Crippen molar-refractivity contribution in [1.29, 1.82) is 0 Å². The van der Waals surface area contributed by atoms with Crippen molar-refractivity contribution in [1.82, 2.24) is 20.2 Å². The molecule has 2 heterocycles. The van der Waals surface area contributed by atoms with Gasteiger partial charge in [-0.05, 0) is 35.9 Å². The van der Waals surface area contributed by atoms with E-state index in [0.29, 0.717) is 52.7 Å². The predicted octanol–water partition coefficient (Wildman–Crippen LogP) is 4.01. The Morgan fingerprint density at radius 1 is 1.17 bits per heavy atom. The van der Waals surface area contributed by atoms with Crippen LogP contribution in [0.15, 0.2) is 36.4 Å². The number of ether oxygens (including phenoxy) is 2. The van der Waals surface area contributed by atoms with Crippen molar-refractivity contribution in [3.63, 3.8) is 0 Å². The number of aromatic nitrogens is 4. The lowest BCUT2D eigenvalue weighted by Gasteiger charge is -2.20. The van der Waals surface area contributed by atoms with Gasteiger partial charge >= 0.3 is 0 Å². The molecule has 0 radical (unpaired) electrons. The topological polar surface area (TPSA) is 91.2 Å². The van der Waals surface area contributed by atoms with Crippen LogP contribution in [0.1, 0.15) is 19.4 Å². The maximum absolute atomic E-state index is 12.9. The van der Waals surface area contributed by atoms with Gasteiger partial charge in [-0.25, -0.2) is 0 Å². The Labute approximate surface area is 176 Å². The highest BCUT2D eigenvalue weighted by Crippen LogP contribution is 2.38. The first-order valence-electron chi connectivity index (χ1n) is 9.00. The van der Waals surface area contributed by atoms with Crippen molar-refractivity contribution in [2.75, 3.05) is 18.5 Å². The van der Waals surface area contributed by atoms with Crippen LogP contribution in [-0.2, 0) is 4.79 Å². The molecule has 1 N–H and O–H groups in total. The molecule has 0 saturated heterocycles. The monoisotopic (exact) mass is 433 g/mol. The number of nitrogens with one attached hydrogen (secondary N) is 1. The number of carbonyl (C=O) groups is 1. The van der Waals surface area contributed by atoms with Gasteiger partial charge in [-0.1, -0.05) is 30.1 Å². The minimum absolute atomic E-state index is 0.314. The lowest BCUT2D eigenvalue weighted by Crippen LogP contribution is -2.27. The summed E-state index contributed by atoms with van der Waals surface area (Å²) in [6.07, 6.45) is 0.463. The highest BCUT2D eigenvalue weighted by molar-refractivity contribution is 6.34. The molecule has 0 saturated carbocycles. The first-order chi connectivity index (χ1) is 14.0. The van der Waals surface area contributed by atoms with E-state index >= 15 is 0 Å². The minimum atomic E-state index is -0.659. The molecule has 1 amide bonds. The molecule has 2 aromatic carbocycles. The van der Waals surface area contributed by atoms with Gasteiger partial charge in [0.2, 0.25) is 5.82 Å². The first-order valence-corrected chi connectivity index (χ1v) is 9.76. The van der Waals surface area contributed by atoms with Gasteiger partial charge in [0.1, 0.15) is 13.2 Å². The van der Waals surface area contributed by atoms with Crippen LogP contribution in [0.4, 0.5) is 5.69 Å². The molecule has 1 aliphatic rings. The van der Waals surface area contributed by atoms with E-state index in [4.69, 9.17) is 32.7 Å². The lowest BCUT2D eigenvalue weighted by molar-refractivity contribution is -0.119. The van der Waals surface area contributed by atoms with Crippen molar-refractivity contribution < 1.29 is 14.3 Å². The maximum Gasteiger partial charge on any atom is 0.251 e. The molecule has 0 bridgehead atoms. The van der Waals surface area contributed by atoms with E-state index in [0.717, 1.165) is 5.56 Å². The maximum atomic E-state index is 12.9. The number of rotatable bonds is 5. The molecular formula is C19H17Cl2N5O3. The van der Waals surface area contributed by atoms with E-state index in [1.807, 2.05) is 6.92 Å². The van der Waals surface area contributed by atoms with Crippen molar-refractivity contribution in [2.24, 2.45) is 0 Å². The van der Waals surface area contributed by atoms with Crippen LogP contribution in [-0.4, -0.2) is 39.3 Å². The van der Waals surface area contributed by atoms with Crippen LogP contribution >= 0.6 is 23.2 Å². The SMILES string of the molecule is CCC(C(=O)Nc1cc2c(cc1Cl)OCCO2)n1nnc(-c2ccc(Cl)cc2)n1. The van der Waals surface area contributed by atoms with Gasteiger partial charge in [0, 0.05) is 22.7 Å². The van der Waals surface area contributed by atoms with Gasteiger partial charge in [-0.3, -0.25) is 4.79 Å². The van der Waals surface area contributed by atoms with Crippen LogP contribution in [0.5, 0.6) is 11.5 Å². The number of amides is 1. The van der Waals surface area contributed by atoms with Crippen LogP contribution < -0.4 is 14.8 Å². The van der Waals surface area contributed by atoms with Crippen molar-refractivity contribution in [3.8, 4) is 22.9 Å². The Hall–Kier alpha value is -2.84. The Bertz CT molecular complexity index is 1040. The number of hydrogen-bond acceptors (Lipinski definition) is 6. The molecule has 29 heavy (non-hydrogen) atoms. The average Bonchev–Trinajstić information content (AvgIpc) is 3.19. The van der Waals surface area contributed by atoms with Crippen molar-refractivity contribution in [2.45, 2.75) is 19.4 Å². The molecule has 0 fully saturated rings. The van der Waals surface area contributed by atoms with Gasteiger partial charge in [0.25, 0.3) is 5.91 Å². The number of anilines is 1. The summed E-state index contributed by atoms with van der Waals surface area (Å²) >= 11 is 12.2. The zero-order valence-electron chi connectivity index (χ0n) is 15.4. The average molecular weight is 434 g/mol. The molecule has 4 rings (SSSR count). The zero-order chi connectivity index (χ0) is 20.4. The van der Waals surface area contributed by atoms with Gasteiger partial charge < -0.3 is 14.8 Å². The highest BCUT2D eigenvalue weighted by atomic mass is 35.5. The molecule has 8 nitrogen and oxygen atoms in total. The van der Waals surface area contributed by atoms with Crippen LogP contribution in [0.25, 0.3) is 11.4 Å². The Morgan fingerprint density at radius 2 is 1.86 bits per heavy atom. The first kappa shape index (κ1) is 19.5. The summed E-state index contributed by atoms with van der Waals surface area (Å²) in [5.41, 5.74) is 1.18. The predicted molar refractivity (Wildman–Crippen MR) is 109 cm³/mol. The Kier molecular flexibility index (Phi) is 5.55. The normalized spacial score (nSPS) is 13.8. The number of fused-ring (bicyclic) bond motifs is 1. The summed E-state index contributed by atoms with van der Waals surface area (Å²) in [5.74, 6) is 1.18. The van der Waals surface area contributed by atoms with Crippen LogP contribution in [0.3, 0.4) is 0 Å². The highest BCUT2D eigenvalue weighted by Gasteiger charge is 2.24. The number of benzene rings is 2. The molecule has 150 valence electrons. The number of nitrogens with zero attached hydrogens (tertiary/aromatic N) is 4. The summed E-state index contributed by atoms with van der Waals surface area (Å²) in [4.78, 5) is 14.2. The summed E-state index contributed by atoms with van der Waals surface area (Å²) in [6.45, 7) is 2.76. The second kappa shape index (κ2) is 8.26. The molecular weight excluding hydrogens is 417 g/mol. The second-order valence-corrected chi connectivity index (χ2v) is 7.17. The molecule has 10 heteroatoms. The molecule has 1 aromatic heterocycles. The van der Waals surface area contributed by atoms with E-state index in [1.54, 1.807) is 36.4 Å². The van der Waals surface area contributed by atoms with Gasteiger partial charge in [-0.15, -0.1) is 10.2 Å². The van der Waals surface area contributed by atoms with E-state index in [2.05, 4.69) is 20.7 Å². The summed E-state index contributed by atoms with van der Waals surface area (Å²) in [7, 11) is 0. The third kappa shape index (κ3) is 4.13. The standard InChI is InChI=1S/C19H17Cl2N5O3/c1-2-15(26-24-18(23-25-26)11-3-5-12(20)6-4-11)19(27)22-14-10-17-16(9-13(14)21)28-7-8-29-17/h3-6,9-10,15H,2,7-8H2,1H3,(H,22,27). The summed E-state index contributed by atoms with van der Waals surface area (Å²) in [6, 6.07) is 9.68. The Morgan fingerprint density at radius 3 is 2.55 bits per heavy atom. The van der Waals surface area contributed by atoms with E-state index in [1.165, 1.54) is 4.80 Å². The summed E-state index contributed by atoms with van der Waals surface area (Å²) < 4.78 is 11.0. The smallest absolute Gasteiger partial charge is 0.251 e. The number of tetrazole rings is 1. The number of hydrogen-bond donors (Lipinski definition) is 1. The fourth-order valence-corrected chi connectivity index (χ4v) is 3.23. The van der Waals surface area contributed by atoms with Gasteiger partial charge in [0.15, 0.2) is 17.5 Å². The van der Waals surface area contributed by atoms with E-state index < -0.39 is 6.04 Å². The van der Waals surface area contributed by atoms with E-state index in [-0.39, 0.29) is 5.91 Å². The van der Waals surface area contributed by atoms with Crippen molar-refractivity contribution >= 4 is 34.8 Å². The van der Waals surface area contributed by atoms with Gasteiger partial charge in [0.05, 0.1) is 10.7 Å². The third-order valence-corrected chi connectivity index (χ3v) is 4.95. The quantitative estimate of drug-likeness (QED) is 0.653.